The van der Waals surface area contributed by atoms with Crippen LogP contribution in [0.4, 0.5) is 5.82 Å². The van der Waals surface area contributed by atoms with Crippen molar-refractivity contribution in [2.75, 3.05) is 18.1 Å². The van der Waals surface area contributed by atoms with Gasteiger partial charge in [0.25, 0.3) is 0 Å². The quantitative estimate of drug-likeness (QED) is 0.692. The van der Waals surface area contributed by atoms with E-state index in [2.05, 4.69) is 15.3 Å². The number of nitrogens with one attached hydrogen (secondary N) is 2. The number of aromatic amines is 1. The van der Waals surface area contributed by atoms with Gasteiger partial charge in [0.05, 0.1) is 0 Å². The molecule has 1 aliphatic rings. The van der Waals surface area contributed by atoms with Gasteiger partial charge in [0.2, 0.25) is 0 Å². The fourth-order valence-electron chi connectivity index (χ4n) is 1.49. The molecule has 0 saturated carbocycles. The van der Waals surface area contributed by atoms with Gasteiger partial charge in [-0.2, -0.15) is 16.7 Å². The highest BCUT2D eigenvalue weighted by Gasteiger charge is 2.15. The lowest BCUT2D eigenvalue weighted by Crippen LogP contribution is -2.20. The third-order valence-corrected chi connectivity index (χ3v) is 3.09. The van der Waals surface area contributed by atoms with E-state index in [4.69, 9.17) is 0 Å². The van der Waals surface area contributed by atoms with E-state index in [1.165, 1.54) is 5.56 Å². The second-order valence-corrected chi connectivity index (χ2v) is 4.01. The molecule has 70 valence electrons. The summed E-state index contributed by atoms with van der Waals surface area (Å²) in [6.07, 6.45) is 0.986. The molecule has 1 aromatic heterocycles. The molecule has 13 heavy (non-hydrogen) atoms. The predicted octanol–water partition coefficient (Wildman–Crippen LogP) is 0.601. The number of thioether (sulfide) groups is 1. The molecule has 2 N–H and O–H groups in total. The van der Waals surface area contributed by atoms with Crippen LogP contribution in [0.1, 0.15) is 11.3 Å². The zero-order chi connectivity index (χ0) is 9.26. The minimum Gasteiger partial charge on any atom is -0.373 e. The first-order chi connectivity index (χ1) is 6.31. The first-order valence-electron chi connectivity index (χ1n) is 4.19. The minimum absolute atomic E-state index is 0.259. The summed E-state index contributed by atoms with van der Waals surface area (Å²) in [7, 11) is 1.80. The highest BCUT2D eigenvalue weighted by atomic mass is 32.2. The molecule has 4 nitrogen and oxygen atoms in total. The Kier molecular flexibility index (Phi) is 2.26. The molecule has 0 saturated heterocycles. The summed E-state index contributed by atoms with van der Waals surface area (Å²) in [5, 5.41) is 2.96. The lowest BCUT2D eigenvalue weighted by Gasteiger charge is -2.16. The molecular formula is C8H11N3OS. The topological polar surface area (TPSA) is 57.8 Å². The standard InChI is InChI=1S/C8H11N3OS/c1-9-7-5-2-3-13-4-6(5)10-8(12)11-7/h2-4H2,1H3,(H2,9,10,11,12). The third-order valence-electron chi connectivity index (χ3n) is 2.10. The van der Waals surface area contributed by atoms with Crippen LogP contribution in [-0.4, -0.2) is 22.8 Å². The van der Waals surface area contributed by atoms with E-state index < -0.39 is 0 Å². The summed E-state index contributed by atoms with van der Waals surface area (Å²) in [5.74, 6) is 2.73. The van der Waals surface area contributed by atoms with Gasteiger partial charge < -0.3 is 10.3 Å². The fraction of sp³-hybridized carbons (Fsp3) is 0.500. The lowest BCUT2D eigenvalue weighted by molar-refractivity contribution is 0.937. The van der Waals surface area contributed by atoms with Gasteiger partial charge in [0.1, 0.15) is 5.82 Å². The van der Waals surface area contributed by atoms with Gasteiger partial charge >= 0.3 is 5.69 Å². The molecule has 1 aliphatic heterocycles. The Morgan fingerprint density at radius 3 is 3.23 bits per heavy atom. The summed E-state index contributed by atoms with van der Waals surface area (Å²) < 4.78 is 0. The summed E-state index contributed by atoms with van der Waals surface area (Å²) in [5.41, 5.74) is 1.94. The molecule has 0 spiro atoms. The van der Waals surface area contributed by atoms with Crippen molar-refractivity contribution in [3.63, 3.8) is 0 Å². The van der Waals surface area contributed by atoms with E-state index in [0.29, 0.717) is 0 Å². The number of hydrogen-bond acceptors (Lipinski definition) is 4. The zero-order valence-electron chi connectivity index (χ0n) is 7.39. The van der Waals surface area contributed by atoms with E-state index in [-0.39, 0.29) is 5.69 Å². The highest BCUT2D eigenvalue weighted by Crippen LogP contribution is 2.25. The molecule has 0 radical (unpaired) electrons. The molecular weight excluding hydrogens is 186 g/mol. The molecule has 1 aromatic rings. The molecule has 2 heterocycles. The van der Waals surface area contributed by atoms with Crippen LogP contribution in [0.5, 0.6) is 0 Å². The van der Waals surface area contributed by atoms with E-state index in [1.807, 2.05) is 11.8 Å². The Labute approximate surface area is 80.2 Å². The molecule has 5 heteroatoms. The van der Waals surface area contributed by atoms with Crippen LogP contribution in [-0.2, 0) is 12.2 Å². The molecule has 0 atom stereocenters. The number of H-pyrrole nitrogens is 1. The number of anilines is 1. The predicted molar refractivity (Wildman–Crippen MR) is 54.3 cm³/mol. The van der Waals surface area contributed by atoms with E-state index in [1.54, 1.807) is 7.05 Å². The van der Waals surface area contributed by atoms with E-state index >= 15 is 0 Å². The molecule has 0 unspecified atom stereocenters. The highest BCUT2D eigenvalue weighted by molar-refractivity contribution is 7.98. The summed E-state index contributed by atoms with van der Waals surface area (Å²) in [6.45, 7) is 0. The minimum atomic E-state index is -0.259. The summed E-state index contributed by atoms with van der Waals surface area (Å²) in [4.78, 5) is 17.8. The first kappa shape index (κ1) is 8.62. The van der Waals surface area contributed by atoms with Gasteiger partial charge in [-0.1, -0.05) is 0 Å². The average molecular weight is 197 g/mol. The second kappa shape index (κ2) is 3.41. The van der Waals surface area contributed by atoms with Crippen molar-refractivity contribution in [2.24, 2.45) is 0 Å². The summed E-state index contributed by atoms with van der Waals surface area (Å²) in [6, 6.07) is 0. The SMILES string of the molecule is CNc1nc(=O)[nH]c2c1CCSC2. The molecule has 0 fully saturated rings. The van der Waals surface area contributed by atoms with Gasteiger partial charge in [-0.05, 0) is 12.2 Å². The molecule has 0 aromatic carbocycles. The van der Waals surface area contributed by atoms with Crippen molar-refractivity contribution in [1.82, 2.24) is 9.97 Å². The number of rotatable bonds is 1. The maximum Gasteiger partial charge on any atom is 0.347 e. The summed E-state index contributed by atoms with van der Waals surface area (Å²) >= 11 is 1.84. The van der Waals surface area contributed by atoms with Crippen molar-refractivity contribution in [3.05, 3.63) is 21.7 Å². The number of aromatic nitrogens is 2. The molecule has 2 rings (SSSR count). The van der Waals surface area contributed by atoms with Crippen LogP contribution in [0.25, 0.3) is 0 Å². The van der Waals surface area contributed by atoms with E-state index in [0.717, 1.165) is 29.4 Å². The average Bonchev–Trinajstić information content (AvgIpc) is 2.16. The molecule has 0 bridgehead atoms. The van der Waals surface area contributed by atoms with Crippen LogP contribution in [0.3, 0.4) is 0 Å². The number of fused-ring (bicyclic) bond motifs is 1. The normalized spacial score (nSPS) is 15.2. The van der Waals surface area contributed by atoms with Crippen molar-refractivity contribution in [1.29, 1.82) is 0 Å². The Morgan fingerprint density at radius 2 is 2.46 bits per heavy atom. The maximum absolute atomic E-state index is 11.1. The third kappa shape index (κ3) is 1.56. The molecule has 0 aliphatic carbocycles. The number of hydrogen-bond donors (Lipinski definition) is 2. The Morgan fingerprint density at radius 1 is 1.62 bits per heavy atom. The fourth-order valence-corrected chi connectivity index (χ4v) is 2.44. The van der Waals surface area contributed by atoms with Gasteiger partial charge in [-0.3, -0.25) is 0 Å². The Bertz CT molecular complexity index is 354. The van der Waals surface area contributed by atoms with Crippen LogP contribution >= 0.6 is 11.8 Å². The van der Waals surface area contributed by atoms with Crippen LogP contribution in [0.2, 0.25) is 0 Å². The van der Waals surface area contributed by atoms with Crippen LogP contribution in [0.15, 0.2) is 4.79 Å². The van der Waals surface area contributed by atoms with Gasteiger partial charge in [-0.25, -0.2) is 4.79 Å². The Balaban J connectivity index is 2.57. The Hall–Kier alpha value is -0.970. The lowest BCUT2D eigenvalue weighted by atomic mass is 10.1. The van der Waals surface area contributed by atoms with Crippen molar-refractivity contribution in [2.45, 2.75) is 12.2 Å². The van der Waals surface area contributed by atoms with Gasteiger partial charge in [0.15, 0.2) is 0 Å². The van der Waals surface area contributed by atoms with Gasteiger partial charge in [-0.15, -0.1) is 0 Å². The zero-order valence-corrected chi connectivity index (χ0v) is 8.20. The van der Waals surface area contributed by atoms with E-state index in [9.17, 15) is 4.79 Å². The monoisotopic (exact) mass is 197 g/mol. The largest absolute Gasteiger partial charge is 0.373 e. The van der Waals surface area contributed by atoms with Crippen LogP contribution < -0.4 is 11.0 Å². The first-order valence-corrected chi connectivity index (χ1v) is 5.34. The van der Waals surface area contributed by atoms with Gasteiger partial charge in [0, 0.05) is 24.1 Å². The van der Waals surface area contributed by atoms with Crippen molar-refractivity contribution < 1.29 is 0 Å². The molecule has 0 amide bonds. The van der Waals surface area contributed by atoms with Crippen molar-refractivity contribution >= 4 is 17.6 Å². The van der Waals surface area contributed by atoms with Crippen LogP contribution in [0, 0.1) is 0 Å². The smallest absolute Gasteiger partial charge is 0.347 e. The van der Waals surface area contributed by atoms with Crippen molar-refractivity contribution in [3.8, 4) is 0 Å². The number of nitrogens with zero attached hydrogens (tertiary/aromatic N) is 1. The second-order valence-electron chi connectivity index (χ2n) is 2.90. The maximum atomic E-state index is 11.1.